The second-order valence-corrected chi connectivity index (χ2v) is 5.09. The zero-order chi connectivity index (χ0) is 11.4. The minimum absolute atomic E-state index is 0.392. The molecule has 3 heteroatoms. The van der Waals surface area contributed by atoms with E-state index in [0.29, 0.717) is 12.0 Å². The van der Waals surface area contributed by atoms with E-state index in [1.807, 2.05) is 13.1 Å². The third kappa shape index (κ3) is 3.20. The minimum Gasteiger partial charge on any atom is -0.313 e. The fraction of sp³-hybridized carbons (Fsp3) is 0.500. The first kappa shape index (κ1) is 13.0. The number of benzene rings is 1. The highest BCUT2D eigenvalue weighted by atomic mass is 79.9. The van der Waals surface area contributed by atoms with Crippen LogP contribution in [0.4, 0.5) is 0 Å². The van der Waals surface area contributed by atoms with E-state index in [1.165, 1.54) is 5.56 Å². The van der Waals surface area contributed by atoms with Gasteiger partial charge in [0.15, 0.2) is 0 Å². The number of hydrogen-bond acceptors (Lipinski definition) is 1. The first-order valence-electron chi connectivity index (χ1n) is 5.22. The Morgan fingerprint density at radius 2 is 2.13 bits per heavy atom. The lowest BCUT2D eigenvalue weighted by Gasteiger charge is -2.23. The van der Waals surface area contributed by atoms with Crippen LogP contribution in [0.15, 0.2) is 22.7 Å². The molecule has 0 saturated carbocycles. The monoisotopic (exact) mass is 289 g/mol. The number of rotatable bonds is 4. The smallest absolute Gasteiger partial charge is 0.0548 e. The van der Waals surface area contributed by atoms with Gasteiger partial charge in [0.05, 0.1) is 5.02 Å². The molecule has 1 nitrogen and oxygen atoms in total. The van der Waals surface area contributed by atoms with Gasteiger partial charge in [0, 0.05) is 10.5 Å². The van der Waals surface area contributed by atoms with E-state index in [2.05, 4.69) is 47.2 Å². The van der Waals surface area contributed by atoms with Gasteiger partial charge in [0.25, 0.3) is 0 Å². The number of halogens is 2. The molecule has 0 aromatic heterocycles. The van der Waals surface area contributed by atoms with Crippen LogP contribution in [0.5, 0.6) is 0 Å². The Morgan fingerprint density at radius 1 is 1.47 bits per heavy atom. The average Bonchev–Trinajstić information content (AvgIpc) is 2.24. The van der Waals surface area contributed by atoms with E-state index in [1.54, 1.807) is 0 Å². The van der Waals surface area contributed by atoms with Crippen LogP contribution in [0, 0.1) is 5.92 Å². The summed E-state index contributed by atoms with van der Waals surface area (Å²) in [5, 5.41) is 4.11. The minimum atomic E-state index is 0.392. The summed E-state index contributed by atoms with van der Waals surface area (Å²) >= 11 is 9.43. The average molecular weight is 291 g/mol. The predicted octanol–water partition coefficient (Wildman–Crippen LogP) is 4.41. The van der Waals surface area contributed by atoms with Gasteiger partial charge >= 0.3 is 0 Å². The van der Waals surface area contributed by atoms with Crippen LogP contribution >= 0.6 is 27.5 Å². The molecule has 0 saturated heterocycles. The summed E-state index contributed by atoms with van der Waals surface area (Å²) in [5.74, 6) is 0.614. The quantitative estimate of drug-likeness (QED) is 0.866. The summed E-state index contributed by atoms with van der Waals surface area (Å²) in [7, 11) is 2.00. The maximum absolute atomic E-state index is 5.97. The summed E-state index contributed by atoms with van der Waals surface area (Å²) in [6.07, 6.45) is 1.16. The van der Waals surface area contributed by atoms with E-state index < -0.39 is 0 Å². The molecular weight excluding hydrogens is 273 g/mol. The van der Waals surface area contributed by atoms with Crippen molar-refractivity contribution in [2.45, 2.75) is 26.3 Å². The zero-order valence-corrected chi connectivity index (χ0v) is 11.7. The van der Waals surface area contributed by atoms with Crippen molar-refractivity contribution in [1.82, 2.24) is 5.32 Å². The molecule has 2 atom stereocenters. The van der Waals surface area contributed by atoms with Crippen molar-refractivity contribution in [2.24, 2.45) is 5.92 Å². The van der Waals surface area contributed by atoms with Gasteiger partial charge < -0.3 is 5.32 Å². The van der Waals surface area contributed by atoms with Gasteiger partial charge in [-0.3, -0.25) is 0 Å². The van der Waals surface area contributed by atoms with Crippen LogP contribution in [0.2, 0.25) is 5.02 Å². The molecule has 15 heavy (non-hydrogen) atoms. The molecule has 0 fully saturated rings. The Balaban J connectivity index is 2.97. The SMILES string of the molecule is CCC(C)C(NC)c1ccc(Cl)c(Br)c1. The van der Waals surface area contributed by atoms with Crippen molar-refractivity contribution < 1.29 is 0 Å². The van der Waals surface area contributed by atoms with E-state index in [0.717, 1.165) is 15.9 Å². The summed E-state index contributed by atoms with van der Waals surface area (Å²) in [6, 6.07) is 6.51. The van der Waals surface area contributed by atoms with E-state index in [4.69, 9.17) is 11.6 Å². The summed E-state index contributed by atoms with van der Waals surface area (Å²) < 4.78 is 0.963. The van der Waals surface area contributed by atoms with Gasteiger partial charge in [-0.25, -0.2) is 0 Å². The van der Waals surface area contributed by atoms with Gasteiger partial charge in [0.2, 0.25) is 0 Å². The number of hydrogen-bond donors (Lipinski definition) is 1. The van der Waals surface area contributed by atoms with Gasteiger partial charge in [0.1, 0.15) is 0 Å². The molecular formula is C12H17BrClN. The molecule has 84 valence electrons. The van der Waals surface area contributed by atoms with Crippen LogP contribution in [-0.2, 0) is 0 Å². The van der Waals surface area contributed by atoms with Crippen molar-refractivity contribution in [3.05, 3.63) is 33.3 Å². The largest absolute Gasteiger partial charge is 0.313 e. The third-order valence-corrected chi connectivity index (χ3v) is 4.04. The molecule has 0 amide bonds. The molecule has 0 bridgehead atoms. The maximum Gasteiger partial charge on any atom is 0.0548 e. The lowest BCUT2D eigenvalue weighted by atomic mass is 9.93. The topological polar surface area (TPSA) is 12.0 Å². The Kier molecular flexibility index (Phi) is 5.10. The lowest BCUT2D eigenvalue weighted by Crippen LogP contribution is -2.23. The highest BCUT2D eigenvalue weighted by Gasteiger charge is 2.16. The second kappa shape index (κ2) is 5.88. The Morgan fingerprint density at radius 3 is 2.60 bits per heavy atom. The van der Waals surface area contributed by atoms with Crippen LogP contribution < -0.4 is 5.32 Å². The molecule has 1 aromatic rings. The maximum atomic E-state index is 5.97. The fourth-order valence-corrected chi connectivity index (χ4v) is 2.24. The van der Waals surface area contributed by atoms with E-state index in [9.17, 15) is 0 Å². The molecule has 0 aliphatic heterocycles. The van der Waals surface area contributed by atoms with Crippen molar-refractivity contribution in [2.75, 3.05) is 7.05 Å². The molecule has 1 rings (SSSR count). The van der Waals surface area contributed by atoms with Crippen LogP contribution in [-0.4, -0.2) is 7.05 Å². The Bertz CT molecular complexity index is 327. The lowest BCUT2D eigenvalue weighted by molar-refractivity contribution is 0.400. The van der Waals surface area contributed by atoms with Crippen LogP contribution in [0.25, 0.3) is 0 Å². The van der Waals surface area contributed by atoms with Crippen molar-refractivity contribution in [3.8, 4) is 0 Å². The summed E-state index contributed by atoms with van der Waals surface area (Å²) in [5.41, 5.74) is 1.28. The van der Waals surface area contributed by atoms with E-state index in [-0.39, 0.29) is 0 Å². The zero-order valence-electron chi connectivity index (χ0n) is 9.35. The van der Waals surface area contributed by atoms with Crippen molar-refractivity contribution >= 4 is 27.5 Å². The molecule has 0 radical (unpaired) electrons. The molecule has 0 aliphatic rings. The Labute approximate surface area is 105 Å². The first-order chi connectivity index (χ1) is 7.10. The molecule has 0 heterocycles. The summed E-state index contributed by atoms with van der Waals surface area (Å²) in [4.78, 5) is 0. The second-order valence-electron chi connectivity index (χ2n) is 3.83. The fourth-order valence-electron chi connectivity index (χ4n) is 1.72. The number of nitrogens with one attached hydrogen (secondary N) is 1. The van der Waals surface area contributed by atoms with Gasteiger partial charge in [-0.15, -0.1) is 0 Å². The molecule has 2 unspecified atom stereocenters. The first-order valence-corrected chi connectivity index (χ1v) is 6.39. The standard InChI is InChI=1S/C12H17BrClN/c1-4-8(2)12(15-3)9-5-6-11(14)10(13)7-9/h5-8,12,15H,4H2,1-3H3. The predicted molar refractivity (Wildman–Crippen MR) is 70.4 cm³/mol. The van der Waals surface area contributed by atoms with Crippen molar-refractivity contribution in [3.63, 3.8) is 0 Å². The molecule has 0 aliphatic carbocycles. The normalized spacial score (nSPS) is 15.0. The van der Waals surface area contributed by atoms with E-state index >= 15 is 0 Å². The van der Waals surface area contributed by atoms with Crippen LogP contribution in [0.1, 0.15) is 31.9 Å². The van der Waals surface area contributed by atoms with Gasteiger partial charge in [-0.2, -0.15) is 0 Å². The Hall–Kier alpha value is -0.0500. The third-order valence-electron chi connectivity index (χ3n) is 2.83. The molecule has 0 spiro atoms. The van der Waals surface area contributed by atoms with Gasteiger partial charge in [-0.05, 0) is 46.6 Å². The molecule has 1 N–H and O–H groups in total. The molecule has 1 aromatic carbocycles. The summed E-state index contributed by atoms with van der Waals surface area (Å²) in [6.45, 7) is 4.46. The van der Waals surface area contributed by atoms with Crippen molar-refractivity contribution in [1.29, 1.82) is 0 Å². The highest BCUT2D eigenvalue weighted by Crippen LogP contribution is 2.29. The van der Waals surface area contributed by atoms with Crippen LogP contribution in [0.3, 0.4) is 0 Å². The van der Waals surface area contributed by atoms with Gasteiger partial charge in [-0.1, -0.05) is 37.9 Å². The highest BCUT2D eigenvalue weighted by molar-refractivity contribution is 9.10.